The van der Waals surface area contributed by atoms with Gasteiger partial charge < -0.3 is 30.3 Å². The minimum Gasteiger partial charge on any atom is -0.480 e. The Labute approximate surface area is 295 Å². The Morgan fingerprint density at radius 1 is 0.863 bits per heavy atom. The van der Waals surface area contributed by atoms with Crippen LogP contribution in [0, 0.1) is 11.8 Å². The molecule has 0 aliphatic heterocycles. The van der Waals surface area contributed by atoms with Gasteiger partial charge in [-0.3, -0.25) is 14.4 Å². The van der Waals surface area contributed by atoms with Crippen molar-refractivity contribution in [3.63, 3.8) is 0 Å². The lowest BCUT2D eigenvalue weighted by atomic mass is 9.76. The fourth-order valence-electron chi connectivity index (χ4n) is 5.14. The van der Waals surface area contributed by atoms with Crippen LogP contribution in [0.4, 0.5) is 22.0 Å². The molecule has 0 spiro atoms. The molecule has 2 aromatic heterocycles. The summed E-state index contributed by atoms with van der Waals surface area (Å²) in [6, 6.07) is -1.73. The first-order chi connectivity index (χ1) is 23.7. The van der Waals surface area contributed by atoms with Crippen molar-refractivity contribution in [3.05, 3.63) is 36.0 Å². The molecule has 4 N–H and O–H groups in total. The third-order valence-corrected chi connectivity index (χ3v) is 9.95. The van der Waals surface area contributed by atoms with Crippen LogP contribution in [0.25, 0.3) is 0 Å². The van der Waals surface area contributed by atoms with E-state index in [1.807, 2.05) is 0 Å². The van der Waals surface area contributed by atoms with Gasteiger partial charge in [0.2, 0.25) is 17.7 Å². The van der Waals surface area contributed by atoms with Crippen LogP contribution in [0.15, 0.2) is 24.5 Å². The molecule has 1 saturated carbocycles. The summed E-state index contributed by atoms with van der Waals surface area (Å²) >= 11 is 1.68. The zero-order chi connectivity index (χ0) is 38.1. The van der Waals surface area contributed by atoms with Crippen molar-refractivity contribution in [2.24, 2.45) is 11.8 Å². The number of ether oxygens (including phenoxy) is 2. The van der Waals surface area contributed by atoms with Crippen molar-refractivity contribution < 1.29 is 65.6 Å². The smallest absolute Gasteiger partial charge is 0.480 e. The van der Waals surface area contributed by atoms with Crippen molar-refractivity contribution in [2.45, 2.75) is 75.1 Å². The summed E-state index contributed by atoms with van der Waals surface area (Å²) in [7, 11) is 0. The number of rotatable bonds is 17. The summed E-state index contributed by atoms with van der Waals surface area (Å²) in [4.78, 5) is 77.1. The third-order valence-electron chi connectivity index (χ3n) is 7.07. The van der Waals surface area contributed by atoms with Crippen LogP contribution >= 0.6 is 23.5 Å². The molecule has 1 aliphatic rings. The molecule has 2 aromatic rings. The maximum atomic E-state index is 14.4. The monoisotopic (exact) mass is 768 g/mol. The lowest BCUT2D eigenvalue weighted by molar-refractivity contribution is -0.277. The molecule has 15 nitrogen and oxygen atoms in total. The molecule has 280 valence electrons. The van der Waals surface area contributed by atoms with Gasteiger partial charge in [-0.2, -0.15) is 18.7 Å². The molecule has 22 heteroatoms. The maximum Gasteiger partial charge on any atom is 0.575 e. The third kappa shape index (κ3) is 13.1. The molecule has 2 amide bonds. The molecular formula is C29H33F5N6O9S2. The van der Waals surface area contributed by atoms with Gasteiger partial charge in [0, 0.05) is 62.6 Å². The number of nitrogens with one attached hydrogen (secondary N) is 2. The minimum atomic E-state index is -5.16. The highest BCUT2D eigenvalue weighted by atomic mass is 32.2. The van der Waals surface area contributed by atoms with Gasteiger partial charge in [0.15, 0.2) is 0 Å². The molecule has 4 unspecified atom stereocenters. The number of nitrogens with zero attached hydrogens (tertiary/aromatic N) is 4. The predicted molar refractivity (Wildman–Crippen MR) is 169 cm³/mol. The van der Waals surface area contributed by atoms with Crippen LogP contribution in [0.2, 0.25) is 0 Å². The van der Waals surface area contributed by atoms with Gasteiger partial charge in [-0.05, 0) is 18.9 Å². The highest BCUT2D eigenvalue weighted by Crippen LogP contribution is 2.48. The first kappa shape index (κ1) is 41.1. The van der Waals surface area contributed by atoms with Gasteiger partial charge in [0.1, 0.15) is 23.7 Å². The number of halogens is 5. The SMILES string of the molecule is CC(=O)N[C@@H](CSC(c1ccnc(OC(F)(F)F)n1)C1CCCC(C(SC[C@H](NC(C)=O)C(=O)O)c2nccc(OC(C)(F)F)n2)C1=O)C(=O)O. The maximum absolute atomic E-state index is 14.4. The summed E-state index contributed by atoms with van der Waals surface area (Å²) in [5, 5.41) is 21.6. The quantitative estimate of drug-likeness (QED) is 0.169. The lowest BCUT2D eigenvalue weighted by Gasteiger charge is -2.36. The summed E-state index contributed by atoms with van der Waals surface area (Å²) in [6.07, 6.45) is -6.17. The number of ketones is 1. The first-order valence-electron chi connectivity index (χ1n) is 15.0. The molecular weight excluding hydrogens is 735 g/mol. The van der Waals surface area contributed by atoms with Crippen LogP contribution in [-0.4, -0.2) is 95.7 Å². The Balaban J connectivity index is 2.07. The van der Waals surface area contributed by atoms with Crippen LogP contribution in [0.5, 0.6) is 11.9 Å². The fraction of sp³-hybridized carbons (Fsp3) is 0.552. The average Bonchev–Trinajstić information content (AvgIpc) is 2.99. The number of hydrogen-bond acceptors (Lipinski definition) is 13. The molecule has 51 heavy (non-hydrogen) atoms. The average molecular weight is 769 g/mol. The zero-order valence-corrected chi connectivity index (χ0v) is 28.7. The first-order valence-corrected chi connectivity index (χ1v) is 17.1. The van der Waals surface area contributed by atoms with Gasteiger partial charge in [-0.15, -0.1) is 36.7 Å². The highest BCUT2D eigenvalue weighted by molar-refractivity contribution is 7.99. The molecule has 0 saturated heterocycles. The van der Waals surface area contributed by atoms with Gasteiger partial charge in [-0.25, -0.2) is 19.6 Å². The molecule has 0 aromatic carbocycles. The Kier molecular flexibility index (Phi) is 14.3. The van der Waals surface area contributed by atoms with Gasteiger partial charge >= 0.3 is 30.4 Å². The summed E-state index contributed by atoms with van der Waals surface area (Å²) < 4.78 is 74.9. The van der Waals surface area contributed by atoms with Crippen molar-refractivity contribution in [1.29, 1.82) is 0 Å². The number of carbonyl (C=O) groups excluding carboxylic acids is 3. The molecule has 2 heterocycles. The number of alkyl halides is 5. The Bertz CT molecular complexity index is 1470. The summed E-state index contributed by atoms with van der Waals surface area (Å²) in [5.74, 6) is -8.24. The van der Waals surface area contributed by atoms with Crippen molar-refractivity contribution in [3.8, 4) is 11.9 Å². The molecule has 6 atom stereocenters. The van der Waals surface area contributed by atoms with Crippen LogP contribution in [-0.2, 0) is 24.0 Å². The molecule has 1 fully saturated rings. The zero-order valence-electron chi connectivity index (χ0n) is 27.1. The number of amides is 2. The number of thioether (sulfide) groups is 2. The van der Waals surface area contributed by atoms with Gasteiger partial charge in [-0.1, -0.05) is 6.42 Å². The van der Waals surface area contributed by atoms with Crippen LogP contribution in [0.1, 0.15) is 62.1 Å². The Morgan fingerprint density at radius 3 is 1.90 bits per heavy atom. The van der Waals surface area contributed by atoms with Crippen molar-refractivity contribution >= 4 is 53.1 Å². The number of aromatic nitrogens is 4. The second kappa shape index (κ2) is 17.7. The van der Waals surface area contributed by atoms with E-state index in [1.165, 1.54) is 6.07 Å². The number of hydrogen-bond donors (Lipinski definition) is 4. The fourth-order valence-corrected chi connectivity index (χ4v) is 7.96. The van der Waals surface area contributed by atoms with E-state index in [-0.39, 0.29) is 35.9 Å². The number of aliphatic carboxylic acids is 2. The van der Waals surface area contributed by atoms with E-state index in [0.717, 1.165) is 55.8 Å². The van der Waals surface area contributed by atoms with Crippen LogP contribution in [0.3, 0.4) is 0 Å². The largest absolute Gasteiger partial charge is 0.575 e. The van der Waals surface area contributed by atoms with Crippen molar-refractivity contribution in [2.75, 3.05) is 11.5 Å². The molecule has 0 radical (unpaired) electrons. The van der Waals surface area contributed by atoms with E-state index in [9.17, 15) is 56.1 Å². The number of carboxylic acids is 2. The molecule has 0 bridgehead atoms. The standard InChI is InChI=1S/C29H33F5N6O9S2/c1-13(41)37-18(25(44)45)11-50-22(17-7-9-36-27(39-17)49-29(32,33)34)15-5-4-6-16(21(15)43)23(51-12-19(26(46)47)38-14(2)42)24-35-10-8-20(40-24)48-28(3,30)31/h7-10,15-16,18-19,22-23H,4-6,11-12H2,1-3H3,(H,37,41)(H,38,42)(H,44,45)(H,46,47)/t15?,16?,18-,19-,22?,23?/m0/s1. The number of carboxylic acid groups (broad SMARTS) is 2. The van der Waals surface area contributed by atoms with Crippen molar-refractivity contribution in [1.82, 2.24) is 30.6 Å². The number of carbonyl (C=O) groups is 5. The van der Waals surface area contributed by atoms with Gasteiger partial charge in [0.25, 0.3) is 0 Å². The molecule has 1 aliphatic carbocycles. The van der Waals surface area contributed by atoms with E-state index in [1.54, 1.807) is 0 Å². The Morgan fingerprint density at radius 2 is 1.39 bits per heavy atom. The highest BCUT2D eigenvalue weighted by Gasteiger charge is 2.44. The number of Topliss-reactive ketones (excluding diaryl/α,β-unsaturated/α-hetero) is 1. The molecule has 3 rings (SSSR count). The minimum absolute atomic E-state index is 0.127. The summed E-state index contributed by atoms with van der Waals surface area (Å²) in [6.45, 7) is 2.65. The second-order valence-electron chi connectivity index (χ2n) is 11.2. The second-order valence-corrected chi connectivity index (χ2v) is 13.6. The van der Waals surface area contributed by atoms with E-state index >= 15 is 0 Å². The van der Waals surface area contributed by atoms with Gasteiger partial charge in [0.05, 0.1) is 16.2 Å². The van der Waals surface area contributed by atoms with E-state index in [2.05, 4.69) is 40.0 Å². The Hall–Kier alpha value is -4.34. The van der Waals surface area contributed by atoms with E-state index in [0.29, 0.717) is 13.3 Å². The van der Waals surface area contributed by atoms with E-state index < -0.39 is 88.3 Å². The normalized spacial score (nSPS) is 18.9. The summed E-state index contributed by atoms with van der Waals surface area (Å²) in [5.41, 5.74) is -0.127. The topological polar surface area (TPSA) is 220 Å². The lowest BCUT2D eigenvalue weighted by Crippen LogP contribution is -2.42. The predicted octanol–water partition coefficient (Wildman–Crippen LogP) is 3.57. The van der Waals surface area contributed by atoms with E-state index in [4.69, 9.17) is 0 Å². The van der Waals surface area contributed by atoms with Crippen LogP contribution < -0.4 is 20.1 Å².